The fourth-order valence-corrected chi connectivity index (χ4v) is 5.29. The lowest BCUT2D eigenvalue weighted by molar-refractivity contribution is -0.758. The highest BCUT2D eigenvalue weighted by molar-refractivity contribution is 5.80. The van der Waals surface area contributed by atoms with Gasteiger partial charge < -0.3 is 4.90 Å². The van der Waals surface area contributed by atoms with E-state index in [9.17, 15) is 0 Å². The maximum atomic E-state index is 2.53. The summed E-state index contributed by atoms with van der Waals surface area (Å²) in [4.78, 5) is 2.37. The molecule has 166 valence electrons. The minimum Gasteiger partial charge on any atom is -0.310 e. The quantitative estimate of drug-likeness (QED) is 0.291. The molecule has 1 aliphatic rings. The molecule has 1 aromatic heterocycles. The minimum absolute atomic E-state index is 0.151. The summed E-state index contributed by atoms with van der Waals surface area (Å²) < 4.78 is 2.53. The van der Waals surface area contributed by atoms with Crippen LogP contribution in [-0.2, 0) is 12.0 Å². The summed E-state index contributed by atoms with van der Waals surface area (Å²) >= 11 is 0. The topological polar surface area (TPSA) is 7.12 Å². The van der Waals surface area contributed by atoms with Crippen LogP contribution < -0.4 is 9.47 Å². The monoisotopic (exact) mass is 433 g/mol. The number of rotatable bonds is 5. The largest absolute Gasteiger partial charge is 0.310 e. The highest BCUT2D eigenvalue weighted by Crippen LogP contribution is 2.41. The number of hydrogen-bond donors (Lipinski definition) is 0. The third kappa shape index (κ3) is 3.74. The summed E-state index contributed by atoms with van der Waals surface area (Å²) in [6, 6.07) is 31.3. The van der Waals surface area contributed by atoms with E-state index >= 15 is 0 Å². The van der Waals surface area contributed by atoms with Gasteiger partial charge in [-0.1, -0.05) is 55.3 Å². The van der Waals surface area contributed by atoms with E-state index in [0.29, 0.717) is 0 Å². The Morgan fingerprint density at radius 3 is 1.88 bits per heavy atom. The molecule has 4 aromatic rings. The fraction of sp³-hybridized carbons (Fsp3) is 0.258. The summed E-state index contributed by atoms with van der Waals surface area (Å²) in [5.74, 6) is 0. The van der Waals surface area contributed by atoms with Crippen molar-refractivity contribution < 1.29 is 4.57 Å². The van der Waals surface area contributed by atoms with Gasteiger partial charge in [0.05, 0.1) is 5.56 Å². The van der Waals surface area contributed by atoms with Gasteiger partial charge in [0.2, 0.25) is 5.69 Å². The average molecular weight is 434 g/mol. The number of fused-ring (bicyclic) bond motifs is 3. The Kier molecular flexibility index (Phi) is 5.54. The van der Waals surface area contributed by atoms with Crippen molar-refractivity contribution in [2.24, 2.45) is 0 Å². The van der Waals surface area contributed by atoms with Gasteiger partial charge >= 0.3 is 0 Å². The molecule has 0 saturated carbocycles. The third-order valence-electron chi connectivity index (χ3n) is 7.42. The number of aromatic nitrogens is 1. The molecule has 5 rings (SSSR count). The van der Waals surface area contributed by atoms with Gasteiger partial charge in [-0.05, 0) is 61.9 Å². The molecular weight excluding hydrogens is 400 g/mol. The molecule has 3 aromatic carbocycles. The predicted molar refractivity (Wildman–Crippen MR) is 138 cm³/mol. The summed E-state index contributed by atoms with van der Waals surface area (Å²) in [6.07, 6.45) is 5.61. The molecule has 2 heterocycles. The van der Waals surface area contributed by atoms with Crippen molar-refractivity contribution in [3.63, 3.8) is 0 Å². The van der Waals surface area contributed by atoms with Crippen LogP contribution in [0, 0.1) is 13.8 Å². The molecule has 0 saturated heterocycles. The Morgan fingerprint density at radius 2 is 1.30 bits per heavy atom. The number of aryl methyl sites for hydroxylation is 2. The predicted octanol–water partition coefficient (Wildman–Crippen LogP) is 7.80. The van der Waals surface area contributed by atoms with Crippen LogP contribution in [-0.4, -0.2) is 0 Å². The van der Waals surface area contributed by atoms with Gasteiger partial charge in [-0.2, -0.15) is 4.57 Å². The summed E-state index contributed by atoms with van der Waals surface area (Å²) in [6.45, 7) is 8.92. The Bertz CT molecular complexity index is 1220. The number of anilines is 3. The zero-order chi connectivity index (χ0) is 23.0. The van der Waals surface area contributed by atoms with E-state index < -0.39 is 0 Å². The lowest BCUT2D eigenvalue weighted by Gasteiger charge is -2.33. The van der Waals surface area contributed by atoms with E-state index in [0.717, 1.165) is 19.3 Å². The molecule has 2 heteroatoms. The van der Waals surface area contributed by atoms with Crippen molar-refractivity contribution in [3.05, 3.63) is 108 Å². The second-order valence-electron chi connectivity index (χ2n) is 9.41. The maximum absolute atomic E-state index is 2.53. The number of benzene rings is 3. The van der Waals surface area contributed by atoms with Gasteiger partial charge in [0, 0.05) is 48.5 Å². The van der Waals surface area contributed by atoms with Gasteiger partial charge in [-0.25, -0.2) is 0 Å². The maximum Gasteiger partial charge on any atom is 0.213 e. The van der Waals surface area contributed by atoms with E-state index in [4.69, 9.17) is 0 Å². The molecule has 1 aliphatic heterocycles. The van der Waals surface area contributed by atoms with Crippen molar-refractivity contribution >= 4 is 17.1 Å². The van der Waals surface area contributed by atoms with Crippen molar-refractivity contribution in [1.82, 2.24) is 0 Å². The van der Waals surface area contributed by atoms with Crippen LogP contribution in [0.5, 0.6) is 0 Å². The third-order valence-corrected chi connectivity index (χ3v) is 7.42. The molecule has 0 unspecified atom stereocenters. The summed E-state index contributed by atoms with van der Waals surface area (Å²) in [5.41, 5.74) is 10.3. The second kappa shape index (κ2) is 8.51. The standard InChI is InChI=1S/C31H33N2/c1-5-31(6-2)22-25-14-19-28(21-29(25)30-9-7-8-20-32(30)31)33(26-15-10-23(3)11-16-26)27-17-12-24(4)13-18-27/h7-21H,5-6,22H2,1-4H3/q+1. The van der Waals surface area contributed by atoms with Gasteiger partial charge in [-0.3, -0.25) is 0 Å². The van der Waals surface area contributed by atoms with Crippen LogP contribution >= 0.6 is 0 Å². The zero-order valence-electron chi connectivity index (χ0n) is 20.2. The first-order valence-corrected chi connectivity index (χ1v) is 12.1. The molecule has 0 N–H and O–H groups in total. The van der Waals surface area contributed by atoms with Crippen LogP contribution in [0.4, 0.5) is 17.1 Å². The summed E-state index contributed by atoms with van der Waals surface area (Å²) in [7, 11) is 0. The Balaban J connectivity index is 1.68. The first-order chi connectivity index (χ1) is 16.0. The molecule has 0 amide bonds. The highest BCUT2D eigenvalue weighted by Gasteiger charge is 2.43. The lowest BCUT2D eigenvalue weighted by atomic mass is 9.79. The van der Waals surface area contributed by atoms with Crippen molar-refractivity contribution in [1.29, 1.82) is 0 Å². The van der Waals surface area contributed by atoms with Gasteiger partial charge in [0.25, 0.3) is 0 Å². The molecule has 0 spiro atoms. The minimum atomic E-state index is 0.151. The average Bonchev–Trinajstić information content (AvgIpc) is 2.86. The van der Waals surface area contributed by atoms with Gasteiger partial charge in [-0.15, -0.1) is 0 Å². The number of pyridine rings is 1. The normalized spacial score (nSPS) is 13.8. The Morgan fingerprint density at radius 1 is 0.727 bits per heavy atom. The van der Waals surface area contributed by atoms with Crippen molar-refractivity contribution in [2.75, 3.05) is 4.90 Å². The number of nitrogens with zero attached hydrogens (tertiary/aromatic N) is 2. The van der Waals surface area contributed by atoms with E-state index in [1.54, 1.807) is 0 Å². The molecular formula is C31H33N2+. The van der Waals surface area contributed by atoms with E-state index in [1.807, 2.05) is 0 Å². The van der Waals surface area contributed by atoms with E-state index in [1.165, 1.54) is 45.0 Å². The molecule has 33 heavy (non-hydrogen) atoms. The second-order valence-corrected chi connectivity index (χ2v) is 9.41. The van der Waals surface area contributed by atoms with E-state index in [-0.39, 0.29) is 5.54 Å². The lowest BCUT2D eigenvalue weighted by Crippen LogP contribution is -2.60. The number of hydrogen-bond acceptors (Lipinski definition) is 1. The first kappa shape index (κ1) is 21.5. The van der Waals surface area contributed by atoms with Crippen LogP contribution in [0.1, 0.15) is 43.4 Å². The van der Waals surface area contributed by atoms with Crippen molar-refractivity contribution in [2.45, 2.75) is 52.5 Å². The van der Waals surface area contributed by atoms with Gasteiger partial charge in [0.15, 0.2) is 11.7 Å². The highest BCUT2D eigenvalue weighted by atomic mass is 15.1. The SMILES string of the molecule is CCC1(CC)Cc2ccc(N(c3ccc(C)cc3)c3ccc(C)cc3)cc2-c2cccc[n+]21. The fourth-order valence-electron chi connectivity index (χ4n) is 5.29. The molecule has 0 fully saturated rings. The molecule has 2 nitrogen and oxygen atoms in total. The molecule has 0 aliphatic carbocycles. The molecule has 0 radical (unpaired) electrons. The molecule has 0 bridgehead atoms. The van der Waals surface area contributed by atoms with Crippen LogP contribution in [0.2, 0.25) is 0 Å². The first-order valence-electron chi connectivity index (χ1n) is 12.1. The van der Waals surface area contributed by atoms with Crippen LogP contribution in [0.15, 0.2) is 91.1 Å². The zero-order valence-corrected chi connectivity index (χ0v) is 20.2. The molecule has 0 atom stereocenters. The smallest absolute Gasteiger partial charge is 0.213 e. The Labute approximate surface area is 198 Å². The van der Waals surface area contributed by atoms with E-state index in [2.05, 4.69) is 128 Å². The Hall–Kier alpha value is -3.39. The van der Waals surface area contributed by atoms with Crippen LogP contribution in [0.3, 0.4) is 0 Å². The van der Waals surface area contributed by atoms with Crippen LogP contribution in [0.25, 0.3) is 11.3 Å². The van der Waals surface area contributed by atoms with Crippen molar-refractivity contribution in [3.8, 4) is 11.3 Å². The van der Waals surface area contributed by atoms with Gasteiger partial charge in [0.1, 0.15) is 0 Å². The summed E-state index contributed by atoms with van der Waals surface area (Å²) in [5, 5.41) is 0.